The quantitative estimate of drug-likeness (QED) is 0.847. The van der Waals surface area contributed by atoms with Gasteiger partial charge in [0.2, 0.25) is 0 Å². The minimum absolute atomic E-state index is 0.0223. The highest BCUT2D eigenvalue weighted by Crippen LogP contribution is 2.26. The van der Waals surface area contributed by atoms with Crippen molar-refractivity contribution in [2.45, 2.75) is 12.6 Å². The molecule has 1 rings (SSSR count). The van der Waals surface area contributed by atoms with Gasteiger partial charge in [0, 0.05) is 19.7 Å². The molecule has 0 bridgehead atoms. The van der Waals surface area contributed by atoms with Crippen LogP contribution in [0.15, 0.2) is 6.07 Å². The van der Waals surface area contributed by atoms with Gasteiger partial charge >= 0.3 is 6.18 Å². The highest BCUT2D eigenvalue weighted by atomic mass is 35.5. The van der Waals surface area contributed by atoms with Gasteiger partial charge in [-0.15, -0.1) is 10.2 Å². The van der Waals surface area contributed by atoms with Crippen molar-refractivity contribution < 1.29 is 13.2 Å². The third-order valence-electron chi connectivity index (χ3n) is 1.84. The van der Waals surface area contributed by atoms with Gasteiger partial charge in [0.1, 0.15) is 0 Å². The number of alkyl halides is 3. The Bertz CT molecular complexity index is 370. The van der Waals surface area contributed by atoms with Crippen LogP contribution in [0.4, 0.5) is 18.9 Å². The molecule has 0 aliphatic heterocycles. The molecule has 1 heterocycles. The Hall–Kier alpha value is -0.750. The SMILES string of the molecule is CN(CCC(F)(F)F)c1cc(Cl)nnc1Cl. The highest BCUT2D eigenvalue weighted by Gasteiger charge is 2.27. The van der Waals surface area contributed by atoms with Crippen LogP contribution in [0.25, 0.3) is 0 Å². The van der Waals surface area contributed by atoms with Crippen molar-refractivity contribution in [3.05, 3.63) is 16.4 Å². The van der Waals surface area contributed by atoms with E-state index in [1.54, 1.807) is 0 Å². The number of rotatable bonds is 3. The summed E-state index contributed by atoms with van der Waals surface area (Å²) in [6.07, 6.45) is -5.13. The van der Waals surface area contributed by atoms with Gasteiger partial charge in [0.15, 0.2) is 10.3 Å². The fourth-order valence-electron chi connectivity index (χ4n) is 1.03. The Morgan fingerprint density at radius 3 is 2.50 bits per heavy atom. The lowest BCUT2D eigenvalue weighted by Gasteiger charge is -2.20. The average Bonchev–Trinajstić information content (AvgIpc) is 2.17. The van der Waals surface area contributed by atoms with Gasteiger partial charge in [-0.3, -0.25) is 0 Å². The smallest absolute Gasteiger partial charge is 0.372 e. The van der Waals surface area contributed by atoms with Crippen molar-refractivity contribution in [2.24, 2.45) is 0 Å². The van der Waals surface area contributed by atoms with Crippen LogP contribution in [-0.4, -0.2) is 30.0 Å². The van der Waals surface area contributed by atoms with Gasteiger partial charge in [0.05, 0.1) is 12.1 Å². The standard InChI is InChI=1S/C8H8Cl2F3N3/c1-16(3-2-8(11,12)13)5-4-6(9)14-15-7(5)10/h4H,2-3H2,1H3. The Labute approximate surface area is 100 Å². The van der Waals surface area contributed by atoms with E-state index < -0.39 is 12.6 Å². The van der Waals surface area contributed by atoms with Gasteiger partial charge in [-0.1, -0.05) is 23.2 Å². The molecule has 0 fully saturated rings. The van der Waals surface area contributed by atoms with Gasteiger partial charge in [-0.2, -0.15) is 13.2 Å². The minimum Gasteiger partial charge on any atom is -0.372 e. The van der Waals surface area contributed by atoms with Crippen LogP contribution in [0.2, 0.25) is 10.3 Å². The number of hydrogen-bond acceptors (Lipinski definition) is 3. The summed E-state index contributed by atoms with van der Waals surface area (Å²) >= 11 is 11.3. The van der Waals surface area contributed by atoms with Crippen molar-refractivity contribution in [3.63, 3.8) is 0 Å². The third kappa shape index (κ3) is 4.02. The lowest BCUT2D eigenvalue weighted by molar-refractivity contribution is -0.132. The first-order valence-electron chi connectivity index (χ1n) is 4.26. The maximum Gasteiger partial charge on any atom is 0.390 e. The molecular formula is C8H8Cl2F3N3. The normalized spacial score (nSPS) is 11.6. The minimum atomic E-state index is -4.20. The van der Waals surface area contributed by atoms with Gasteiger partial charge in [0.25, 0.3) is 0 Å². The average molecular weight is 274 g/mol. The summed E-state index contributed by atoms with van der Waals surface area (Å²) in [7, 11) is 1.48. The summed E-state index contributed by atoms with van der Waals surface area (Å²) in [6.45, 7) is -0.217. The van der Waals surface area contributed by atoms with E-state index in [1.807, 2.05) is 0 Å². The predicted molar refractivity (Wildman–Crippen MR) is 56.0 cm³/mol. The summed E-state index contributed by atoms with van der Waals surface area (Å²) in [5, 5.41) is 7.07. The van der Waals surface area contributed by atoms with Crippen LogP contribution in [0.3, 0.4) is 0 Å². The van der Waals surface area contributed by atoms with E-state index >= 15 is 0 Å². The van der Waals surface area contributed by atoms with Crippen LogP contribution in [0, 0.1) is 0 Å². The molecule has 90 valence electrons. The molecule has 0 N–H and O–H groups in total. The highest BCUT2D eigenvalue weighted by molar-refractivity contribution is 6.33. The van der Waals surface area contributed by atoms with Gasteiger partial charge in [-0.25, -0.2) is 0 Å². The van der Waals surface area contributed by atoms with E-state index in [2.05, 4.69) is 10.2 Å². The maximum atomic E-state index is 12.0. The third-order valence-corrected chi connectivity index (χ3v) is 2.30. The molecule has 8 heteroatoms. The number of anilines is 1. The zero-order valence-corrected chi connectivity index (χ0v) is 9.73. The molecule has 0 saturated heterocycles. The largest absolute Gasteiger partial charge is 0.390 e. The number of hydrogen-bond donors (Lipinski definition) is 0. The molecule has 0 aliphatic carbocycles. The number of aromatic nitrogens is 2. The van der Waals surface area contributed by atoms with Crippen molar-refractivity contribution in [1.82, 2.24) is 10.2 Å². The van der Waals surface area contributed by atoms with E-state index in [-0.39, 0.29) is 16.9 Å². The van der Waals surface area contributed by atoms with Crippen LogP contribution >= 0.6 is 23.2 Å². The van der Waals surface area contributed by atoms with Crippen molar-refractivity contribution in [3.8, 4) is 0 Å². The first-order valence-corrected chi connectivity index (χ1v) is 5.02. The van der Waals surface area contributed by atoms with Crippen LogP contribution in [-0.2, 0) is 0 Å². The topological polar surface area (TPSA) is 29.0 Å². The van der Waals surface area contributed by atoms with E-state index in [0.717, 1.165) is 0 Å². The van der Waals surface area contributed by atoms with E-state index in [1.165, 1.54) is 18.0 Å². The Morgan fingerprint density at radius 2 is 1.94 bits per heavy atom. The van der Waals surface area contributed by atoms with Crippen LogP contribution in [0.1, 0.15) is 6.42 Å². The summed E-state index contributed by atoms with van der Waals surface area (Å²) < 4.78 is 36.0. The fraction of sp³-hybridized carbons (Fsp3) is 0.500. The molecule has 1 aromatic heterocycles. The van der Waals surface area contributed by atoms with E-state index in [9.17, 15) is 13.2 Å². The molecule has 0 aromatic carbocycles. The zero-order valence-electron chi connectivity index (χ0n) is 8.22. The van der Waals surface area contributed by atoms with Gasteiger partial charge < -0.3 is 4.90 Å². The second-order valence-electron chi connectivity index (χ2n) is 3.13. The van der Waals surface area contributed by atoms with Crippen molar-refractivity contribution in [1.29, 1.82) is 0 Å². The summed E-state index contributed by atoms with van der Waals surface area (Å²) in [5.74, 6) is 0. The molecule has 0 aliphatic rings. The molecule has 0 unspecified atom stereocenters. The predicted octanol–water partition coefficient (Wildman–Crippen LogP) is 3.17. The Balaban J connectivity index is 2.73. The number of halogens is 5. The molecular weight excluding hydrogens is 266 g/mol. The Kier molecular flexibility index (Phi) is 4.21. The molecule has 0 spiro atoms. The molecule has 3 nitrogen and oxygen atoms in total. The van der Waals surface area contributed by atoms with Crippen LogP contribution in [0.5, 0.6) is 0 Å². The maximum absolute atomic E-state index is 12.0. The first kappa shape index (κ1) is 13.3. The summed E-state index contributed by atoms with van der Waals surface area (Å²) in [4.78, 5) is 1.33. The van der Waals surface area contributed by atoms with Crippen molar-refractivity contribution in [2.75, 3.05) is 18.5 Å². The van der Waals surface area contributed by atoms with E-state index in [0.29, 0.717) is 5.69 Å². The monoisotopic (exact) mass is 273 g/mol. The molecule has 0 amide bonds. The number of nitrogens with zero attached hydrogens (tertiary/aromatic N) is 3. The van der Waals surface area contributed by atoms with Crippen molar-refractivity contribution >= 4 is 28.9 Å². The molecule has 0 radical (unpaired) electrons. The fourth-order valence-corrected chi connectivity index (χ4v) is 1.40. The summed E-state index contributed by atoms with van der Waals surface area (Å²) in [5.41, 5.74) is 0.325. The lowest BCUT2D eigenvalue weighted by atomic mass is 10.3. The molecule has 16 heavy (non-hydrogen) atoms. The van der Waals surface area contributed by atoms with Crippen LogP contribution < -0.4 is 4.90 Å². The lowest BCUT2D eigenvalue weighted by Crippen LogP contribution is -2.24. The Morgan fingerprint density at radius 1 is 1.31 bits per heavy atom. The second kappa shape index (κ2) is 5.05. The molecule has 0 saturated carbocycles. The zero-order chi connectivity index (χ0) is 12.3. The van der Waals surface area contributed by atoms with E-state index in [4.69, 9.17) is 23.2 Å². The molecule has 0 atom stereocenters. The summed E-state index contributed by atoms with van der Waals surface area (Å²) in [6, 6.07) is 1.37. The first-order chi connectivity index (χ1) is 7.29. The van der Waals surface area contributed by atoms with Gasteiger partial charge in [-0.05, 0) is 0 Å². The molecule has 1 aromatic rings. The second-order valence-corrected chi connectivity index (χ2v) is 3.88.